The molecule has 0 amide bonds. The van der Waals surface area contributed by atoms with Gasteiger partial charge in [0.25, 0.3) is 0 Å². The Bertz CT molecular complexity index is 440. The molecule has 1 aliphatic rings. The van der Waals surface area contributed by atoms with Crippen LogP contribution in [0.4, 0.5) is 0 Å². The van der Waals surface area contributed by atoms with Gasteiger partial charge in [-0.05, 0) is 37.4 Å². The predicted octanol–water partition coefficient (Wildman–Crippen LogP) is 2.40. The quantitative estimate of drug-likeness (QED) is 0.803. The fourth-order valence-corrected chi connectivity index (χ4v) is 2.25. The van der Waals surface area contributed by atoms with E-state index in [1.807, 2.05) is 12.1 Å². The summed E-state index contributed by atoms with van der Waals surface area (Å²) < 4.78 is 0. The van der Waals surface area contributed by atoms with Crippen molar-refractivity contribution < 1.29 is 5.11 Å². The maximum atomic E-state index is 8.80. The molecule has 0 bridgehead atoms. The molecule has 18 heavy (non-hydrogen) atoms. The molecule has 1 fully saturated rings. The van der Waals surface area contributed by atoms with Gasteiger partial charge in [0.05, 0.1) is 0 Å². The van der Waals surface area contributed by atoms with Gasteiger partial charge in [-0.25, -0.2) is 0 Å². The molecule has 0 spiro atoms. The summed E-state index contributed by atoms with van der Waals surface area (Å²) in [7, 11) is 0. The minimum absolute atomic E-state index is 0.0738. The van der Waals surface area contributed by atoms with Crippen molar-refractivity contribution in [2.45, 2.75) is 38.8 Å². The van der Waals surface area contributed by atoms with Crippen molar-refractivity contribution in [1.29, 1.82) is 0 Å². The molecule has 1 saturated carbocycles. The highest BCUT2D eigenvalue weighted by atomic mass is 16.2. The van der Waals surface area contributed by atoms with Gasteiger partial charge in [0, 0.05) is 18.2 Å². The molecule has 2 nitrogen and oxygen atoms in total. The van der Waals surface area contributed by atoms with Gasteiger partial charge in [-0.2, -0.15) is 0 Å². The number of benzene rings is 1. The molecule has 2 heteroatoms. The molecule has 0 radical (unpaired) electrons. The Morgan fingerprint density at radius 2 is 2.11 bits per heavy atom. The van der Waals surface area contributed by atoms with Gasteiger partial charge in [-0.3, -0.25) is 4.90 Å². The molecule has 1 aliphatic carbocycles. The highest BCUT2D eigenvalue weighted by Crippen LogP contribution is 2.28. The van der Waals surface area contributed by atoms with Crippen molar-refractivity contribution in [2.75, 3.05) is 13.2 Å². The summed E-state index contributed by atoms with van der Waals surface area (Å²) in [6, 6.07) is 9.04. The van der Waals surface area contributed by atoms with E-state index in [9.17, 15) is 0 Å². The first kappa shape index (κ1) is 13.1. The van der Waals surface area contributed by atoms with E-state index in [0.717, 1.165) is 24.7 Å². The van der Waals surface area contributed by atoms with E-state index < -0.39 is 0 Å². The molecule has 0 saturated heterocycles. The average molecular weight is 243 g/mol. The number of rotatable bonds is 5. The van der Waals surface area contributed by atoms with Gasteiger partial charge in [0.1, 0.15) is 6.61 Å². The lowest BCUT2D eigenvalue weighted by Crippen LogP contribution is -2.26. The molecule has 1 N–H and O–H groups in total. The van der Waals surface area contributed by atoms with Crippen LogP contribution in [0.3, 0.4) is 0 Å². The number of nitrogens with zero attached hydrogens (tertiary/aromatic N) is 1. The minimum Gasteiger partial charge on any atom is -0.384 e. The lowest BCUT2D eigenvalue weighted by atomic mass is 10.1. The Hall–Kier alpha value is -1.30. The van der Waals surface area contributed by atoms with Crippen LogP contribution in [0.1, 0.15) is 37.3 Å². The van der Waals surface area contributed by atoms with Crippen LogP contribution in [0.5, 0.6) is 0 Å². The van der Waals surface area contributed by atoms with Crippen LogP contribution >= 0.6 is 0 Å². The first-order valence-corrected chi connectivity index (χ1v) is 6.76. The molecule has 0 aromatic heterocycles. The second-order valence-corrected chi connectivity index (χ2v) is 4.82. The zero-order chi connectivity index (χ0) is 12.8. The second-order valence-electron chi connectivity index (χ2n) is 4.82. The van der Waals surface area contributed by atoms with Crippen LogP contribution in [0, 0.1) is 11.8 Å². The number of aliphatic hydroxyl groups excluding tert-OH is 1. The maximum Gasteiger partial charge on any atom is 0.104 e. The molecular weight excluding hydrogens is 222 g/mol. The van der Waals surface area contributed by atoms with E-state index in [0.29, 0.717) is 0 Å². The summed E-state index contributed by atoms with van der Waals surface area (Å²) >= 11 is 0. The van der Waals surface area contributed by atoms with Crippen LogP contribution in [0.2, 0.25) is 0 Å². The Labute approximate surface area is 110 Å². The molecule has 96 valence electrons. The molecular formula is C16H21NO. The molecule has 0 heterocycles. The minimum atomic E-state index is -0.0738. The summed E-state index contributed by atoms with van der Waals surface area (Å²) in [4.78, 5) is 2.56. The van der Waals surface area contributed by atoms with E-state index >= 15 is 0 Å². The molecule has 1 aromatic rings. The SMILES string of the molecule is CCCN(Cc1ccccc1C#CCO)C1CC1. The van der Waals surface area contributed by atoms with Crippen molar-refractivity contribution in [2.24, 2.45) is 0 Å². The van der Waals surface area contributed by atoms with Crippen LogP contribution in [0.15, 0.2) is 24.3 Å². The van der Waals surface area contributed by atoms with Crippen molar-refractivity contribution in [3.63, 3.8) is 0 Å². The van der Waals surface area contributed by atoms with Crippen molar-refractivity contribution >= 4 is 0 Å². The van der Waals surface area contributed by atoms with Gasteiger partial charge >= 0.3 is 0 Å². The molecule has 1 aromatic carbocycles. The molecule has 0 aliphatic heterocycles. The Morgan fingerprint density at radius 1 is 1.33 bits per heavy atom. The van der Waals surface area contributed by atoms with E-state index in [4.69, 9.17) is 5.11 Å². The topological polar surface area (TPSA) is 23.5 Å². The normalized spacial score (nSPS) is 14.4. The second kappa shape index (κ2) is 6.58. The lowest BCUT2D eigenvalue weighted by Gasteiger charge is -2.21. The summed E-state index contributed by atoms with van der Waals surface area (Å²) in [6.07, 6.45) is 3.87. The smallest absolute Gasteiger partial charge is 0.104 e. The van der Waals surface area contributed by atoms with Gasteiger partial charge in [0.2, 0.25) is 0 Å². The third-order valence-corrected chi connectivity index (χ3v) is 3.27. The Balaban J connectivity index is 2.11. The van der Waals surface area contributed by atoms with E-state index in [2.05, 4.69) is 35.8 Å². The summed E-state index contributed by atoms with van der Waals surface area (Å²) in [5, 5.41) is 8.80. The number of hydrogen-bond donors (Lipinski definition) is 1. The Morgan fingerprint density at radius 3 is 2.78 bits per heavy atom. The average Bonchev–Trinajstić information content (AvgIpc) is 3.21. The van der Waals surface area contributed by atoms with Gasteiger partial charge in [-0.1, -0.05) is 37.0 Å². The van der Waals surface area contributed by atoms with E-state index in [-0.39, 0.29) is 6.61 Å². The van der Waals surface area contributed by atoms with Crippen molar-refractivity contribution in [1.82, 2.24) is 4.90 Å². The fraction of sp³-hybridized carbons (Fsp3) is 0.500. The summed E-state index contributed by atoms with van der Waals surface area (Å²) in [5.74, 6) is 5.79. The highest BCUT2D eigenvalue weighted by Gasteiger charge is 2.28. The fourth-order valence-electron chi connectivity index (χ4n) is 2.25. The lowest BCUT2D eigenvalue weighted by molar-refractivity contribution is 0.255. The molecule has 0 unspecified atom stereocenters. The van der Waals surface area contributed by atoms with Crippen molar-refractivity contribution in [3.05, 3.63) is 35.4 Å². The Kier molecular flexibility index (Phi) is 4.81. The van der Waals surface area contributed by atoms with Crippen molar-refractivity contribution in [3.8, 4) is 11.8 Å². The first-order chi connectivity index (χ1) is 8.85. The highest BCUT2D eigenvalue weighted by molar-refractivity contribution is 5.41. The maximum absolute atomic E-state index is 8.80. The van der Waals surface area contributed by atoms with Crippen LogP contribution < -0.4 is 0 Å². The molecule has 2 rings (SSSR count). The van der Waals surface area contributed by atoms with Gasteiger partial charge in [0.15, 0.2) is 0 Å². The van der Waals surface area contributed by atoms with E-state index in [1.54, 1.807) is 0 Å². The van der Waals surface area contributed by atoms with E-state index in [1.165, 1.54) is 24.8 Å². The monoisotopic (exact) mass is 243 g/mol. The number of aliphatic hydroxyl groups is 1. The van der Waals surface area contributed by atoms with Gasteiger partial charge < -0.3 is 5.11 Å². The standard InChI is InChI=1S/C16H21NO/c1-2-11-17(16-9-10-16)13-15-7-4-3-6-14(15)8-5-12-18/h3-4,6-7,16,18H,2,9-13H2,1H3. The third-order valence-electron chi connectivity index (χ3n) is 3.27. The number of hydrogen-bond acceptors (Lipinski definition) is 2. The zero-order valence-electron chi connectivity index (χ0n) is 11.0. The summed E-state index contributed by atoms with van der Waals surface area (Å²) in [5.41, 5.74) is 2.33. The van der Waals surface area contributed by atoms with Crippen LogP contribution in [-0.2, 0) is 6.54 Å². The van der Waals surface area contributed by atoms with Crippen LogP contribution in [0.25, 0.3) is 0 Å². The third kappa shape index (κ3) is 3.60. The predicted molar refractivity (Wildman–Crippen MR) is 74.1 cm³/mol. The first-order valence-electron chi connectivity index (χ1n) is 6.76. The van der Waals surface area contributed by atoms with Gasteiger partial charge in [-0.15, -0.1) is 0 Å². The molecule has 0 atom stereocenters. The summed E-state index contributed by atoms with van der Waals surface area (Å²) in [6.45, 7) is 4.30. The largest absolute Gasteiger partial charge is 0.384 e. The zero-order valence-corrected chi connectivity index (χ0v) is 11.0. The van der Waals surface area contributed by atoms with Crippen LogP contribution in [-0.4, -0.2) is 29.2 Å².